The average Bonchev–Trinajstić information content (AvgIpc) is 2.29. The number of nitrogen functional groups attached to an aromatic ring is 1. The highest BCUT2D eigenvalue weighted by molar-refractivity contribution is 5.58. The molecule has 0 fully saturated rings. The topological polar surface area (TPSA) is 41.3 Å². The van der Waals surface area contributed by atoms with Crippen LogP contribution in [0, 0.1) is 6.92 Å². The van der Waals surface area contributed by atoms with Crippen LogP contribution < -0.4 is 11.1 Å². The minimum absolute atomic E-state index is 0.854. The molecule has 1 aromatic rings. The molecule has 0 saturated heterocycles. The molecule has 0 amide bonds. The van der Waals surface area contributed by atoms with Gasteiger partial charge in [-0.05, 0) is 37.7 Å². The van der Waals surface area contributed by atoms with E-state index in [1.165, 1.54) is 0 Å². The van der Waals surface area contributed by atoms with E-state index in [4.69, 9.17) is 5.73 Å². The number of benzene rings is 1. The standard InChI is InChI=1S/C13H23N3/c1-4-16(5-2)9-8-15-12-7-6-11(3)13(14)10-12/h6-7,10,15H,4-5,8-9,14H2,1-3H3. The lowest BCUT2D eigenvalue weighted by Gasteiger charge is -2.18. The fourth-order valence-electron chi connectivity index (χ4n) is 1.65. The summed E-state index contributed by atoms with van der Waals surface area (Å²) in [7, 11) is 0. The van der Waals surface area contributed by atoms with Gasteiger partial charge in [0.05, 0.1) is 0 Å². The van der Waals surface area contributed by atoms with Gasteiger partial charge in [0.15, 0.2) is 0 Å². The van der Waals surface area contributed by atoms with Crippen molar-refractivity contribution in [1.82, 2.24) is 4.90 Å². The van der Waals surface area contributed by atoms with Gasteiger partial charge in [0.25, 0.3) is 0 Å². The van der Waals surface area contributed by atoms with Gasteiger partial charge in [-0.15, -0.1) is 0 Å². The van der Waals surface area contributed by atoms with E-state index in [1.54, 1.807) is 0 Å². The first-order valence-electron chi connectivity index (χ1n) is 5.99. The molecule has 0 unspecified atom stereocenters. The van der Waals surface area contributed by atoms with Crippen LogP contribution in [0.4, 0.5) is 11.4 Å². The SMILES string of the molecule is CCN(CC)CCNc1ccc(C)c(N)c1. The summed E-state index contributed by atoms with van der Waals surface area (Å²) in [6, 6.07) is 6.13. The van der Waals surface area contributed by atoms with Crippen LogP contribution in [0.5, 0.6) is 0 Å². The lowest BCUT2D eigenvalue weighted by atomic mass is 10.2. The fourth-order valence-corrected chi connectivity index (χ4v) is 1.65. The summed E-state index contributed by atoms with van der Waals surface area (Å²) in [5, 5.41) is 3.39. The van der Waals surface area contributed by atoms with Crippen LogP contribution in [0.1, 0.15) is 19.4 Å². The van der Waals surface area contributed by atoms with Crippen molar-refractivity contribution >= 4 is 11.4 Å². The van der Waals surface area contributed by atoms with Crippen molar-refractivity contribution in [3.05, 3.63) is 23.8 Å². The number of likely N-dealkylation sites (N-methyl/N-ethyl adjacent to an activating group) is 1. The maximum atomic E-state index is 5.85. The van der Waals surface area contributed by atoms with E-state index in [1.807, 2.05) is 13.0 Å². The fraction of sp³-hybridized carbons (Fsp3) is 0.538. The number of nitrogens with zero attached hydrogens (tertiary/aromatic N) is 1. The second kappa shape index (κ2) is 6.38. The van der Waals surface area contributed by atoms with Crippen LogP contribution in [0.2, 0.25) is 0 Å². The molecule has 0 aliphatic carbocycles. The molecule has 90 valence electrons. The lowest BCUT2D eigenvalue weighted by Crippen LogP contribution is -2.28. The minimum Gasteiger partial charge on any atom is -0.398 e. The number of rotatable bonds is 6. The summed E-state index contributed by atoms with van der Waals surface area (Å²) in [4.78, 5) is 2.39. The van der Waals surface area contributed by atoms with Crippen molar-refractivity contribution < 1.29 is 0 Å². The Morgan fingerprint density at radius 2 is 1.94 bits per heavy atom. The van der Waals surface area contributed by atoms with Crippen molar-refractivity contribution in [3.63, 3.8) is 0 Å². The van der Waals surface area contributed by atoms with E-state index < -0.39 is 0 Å². The third-order valence-electron chi connectivity index (χ3n) is 2.93. The van der Waals surface area contributed by atoms with Gasteiger partial charge in [-0.2, -0.15) is 0 Å². The summed E-state index contributed by atoms with van der Waals surface area (Å²) in [6.45, 7) is 10.6. The van der Waals surface area contributed by atoms with Crippen LogP contribution in [-0.2, 0) is 0 Å². The first kappa shape index (κ1) is 12.8. The minimum atomic E-state index is 0.854. The Hall–Kier alpha value is -1.22. The normalized spacial score (nSPS) is 10.8. The molecule has 0 saturated carbocycles. The van der Waals surface area contributed by atoms with Gasteiger partial charge in [0.1, 0.15) is 0 Å². The highest BCUT2D eigenvalue weighted by Gasteiger charge is 1.99. The van der Waals surface area contributed by atoms with Gasteiger partial charge in [-0.1, -0.05) is 19.9 Å². The van der Waals surface area contributed by atoms with E-state index in [2.05, 4.69) is 36.2 Å². The molecule has 0 aromatic heterocycles. The van der Waals surface area contributed by atoms with Crippen LogP contribution in [-0.4, -0.2) is 31.1 Å². The number of nitrogens with two attached hydrogens (primary N) is 1. The maximum absolute atomic E-state index is 5.85. The first-order chi connectivity index (χ1) is 7.67. The van der Waals surface area contributed by atoms with Crippen molar-refractivity contribution in [2.45, 2.75) is 20.8 Å². The summed E-state index contributed by atoms with van der Waals surface area (Å²) < 4.78 is 0. The lowest BCUT2D eigenvalue weighted by molar-refractivity contribution is 0.316. The monoisotopic (exact) mass is 221 g/mol. The molecule has 0 heterocycles. The van der Waals surface area contributed by atoms with E-state index in [9.17, 15) is 0 Å². The predicted octanol–water partition coefficient (Wildman–Crippen LogP) is 2.33. The van der Waals surface area contributed by atoms with Gasteiger partial charge >= 0.3 is 0 Å². The Bertz CT molecular complexity index is 319. The van der Waals surface area contributed by atoms with Crippen molar-refractivity contribution in [2.24, 2.45) is 0 Å². The number of hydrogen-bond acceptors (Lipinski definition) is 3. The molecule has 1 rings (SSSR count). The molecular weight excluding hydrogens is 198 g/mol. The molecular formula is C13H23N3. The number of anilines is 2. The molecule has 0 spiro atoms. The summed E-state index contributed by atoms with van der Waals surface area (Å²) in [5.74, 6) is 0. The largest absolute Gasteiger partial charge is 0.398 e. The van der Waals surface area contributed by atoms with Crippen LogP contribution in [0.3, 0.4) is 0 Å². The Balaban J connectivity index is 2.40. The van der Waals surface area contributed by atoms with E-state index >= 15 is 0 Å². The van der Waals surface area contributed by atoms with Crippen LogP contribution >= 0.6 is 0 Å². The van der Waals surface area contributed by atoms with Gasteiger partial charge in [0.2, 0.25) is 0 Å². The highest BCUT2D eigenvalue weighted by Crippen LogP contribution is 2.16. The zero-order valence-electron chi connectivity index (χ0n) is 10.6. The molecule has 0 atom stereocenters. The maximum Gasteiger partial charge on any atom is 0.0364 e. The third-order valence-corrected chi connectivity index (χ3v) is 2.93. The number of aryl methyl sites for hydroxylation is 1. The Labute approximate surface area is 98.6 Å². The molecule has 3 nitrogen and oxygen atoms in total. The molecule has 16 heavy (non-hydrogen) atoms. The van der Waals surface area contributed by atoms with E-state index in [0.717, 1.165) is 43.1 Å². The van der Waals surface area contributed by atoms with Gasteiger partial charge in [-0.3, -0.25) is 0 Å². The molecule has 0 radical (unpaired) electrons. The number of hydrogen-bond donors (Lipinski definition) is 2. The summed E-state index contributed by atoms with van der Waals surface area (Å²) in [6.07, 6.45) is 0. The highest BCUT2D eigenvalue weighted by atomic mass is 15.1. The predicted molar refractivity (Wildman–Crippen MR) is 71.9 cm³/mol. The Morgan fingerprint density at radius 1 is 1.25 bits per heavy atom. The summed E-state index contributed by atoms with van der Waals surface area (Å²) >= 11 is 0. The van der Waals surface area contributed by atoms with Gasteiger partial charge < -0.3 is 16.0 Å². The molecule has 1 aromatic carbocycles. The molecule has 0 bridgehead atoms. The van der Waals surface area contributed by atoms with E-state index in [-0.39, 0.29) is 0 Å². The first-order valence-corrected chi connectivity index (χ1v) is 5.99. The van der Waals surface area contributed by atoms with E-state index in [0.29, 0.717) is 0 Å². The zero-order valence-corrected chi connectivity index (χ0v) is 10.6. The molecule has 0 aliphatic rings. The second-order valence-corrected chi connectivity index (χ2v) is 4.03. The second-order valence-electron chi connectivity index (χ2n) is 4.03. The summed E-state index contributed by atoms with van der Waals surface area (Å²) in [5.41, 5.74) is 8.95. The Kier molecular flexibility index (Phi) is 5.12. The molecule has 0 aliphatic heterocycles. The number of nitrogens with one attached hydrogen (secondary N) is 1. The molecule has 3 N–H and O–H groups in total. The quantitative estimate of drug-likeness (QED) is 0.724. The zero-order chi connectivity index (χ0) is 12.0. The third kappa shape index (κ3) is 3.74. The molecule has 3 heteroatoms. The van der Waals surface area contributed by atoms with Gasteiger partial charge in [-0.25, -0.2) is 0 Å². The van der Waals surface area contributed by atoms with Crippen LogP contribution in [0.15, 0.2) is 18.2 Å². The van der Waals surface area contributed by atoms with Crippen molar-refractivity contribution in [2.75, 3.05) is 37.2 Å². The van der Waals surface area contributed by atoms with Crippen LogP contribution in [0.25, 0.3) is 0 Å². The average molecular weight is 221 g/mol. The van der Waals surface area contributed by atoms with Crippen molar-refractivity contribution in [3.8, 4) is 0 Å². The Morgan fingerprint density at radius 3 is 2.50 bits per heavy atom. The van der Waals surface area contributed by atoms with Gasteiger partial charge in [0, 0.05) is 24.5 Å². The smallest absolute Gasteiger partial charge is 0.0364 e. The van der Waals surface area contributed by atoms with Crippen molar-refractivity contribution in [1.29, 1.82) is 0 Å².